The lowest BCUT2D eigenvalue weighted by molar-refractivity contribution is -0.152. The Kier molecular flexibility index (Phi) is 4.94. The number of aliphatic carboxylic acids is 1. The third-order valence-electron chi connectivity index (χ3n) is 4.58. The van der Waals surface area contributed by atoms with Crippen LogP contribution in [0.2, 0.25) is 0 Å². The van der Waals surface area contributed by atoms with Crippen LogP contribution in [-0.4, -0.2) is 34.5 Å². The lowest BCUT2D eigenvalue weighted by Crippen LogP contribution is -2.49. The van der Waals surface area contributed by atoms with Gasteiger partial charge in [0, 0.05) is 6.54 Å². The minimum Gasteiger partial charge on any atom is -0.480 e. The third kappa shape index (κ3) is 3.32. The number of carbonyl (C=O) groups excluding carboxylic acids is 1. The van der Waals surface area contributed by atoms with Gasteiger partial charge in [-0.3, -0.25) is 4.79 Å². The normalized spacial score (nSPS) is 17.7. The van der Waals surface area contributed by atoms with Gasteiger partial charge >= 0.3 is 5.97 Å². The number of likely N-dealkylation sites (tertiary alicyclic amines) is 1. The summed E-state index contributed by atoms with van der Waals surface area (Å²) in [5.41, 5.74) is 1.78. The predicted octanol–water partition coefficient (Wildman–Crippen LogP) is 3.28. The van der Waals surface area contributed by atoms with Crippen molar-refractivity contribution in [2.75, 3.05) is 6.54 Å². The minimum absolute atomic E-state index is 0.125. The number of carbonyl (C=O) groups is 2. The van der Waals surface area contributed by atoms with Crippen molar-refractivity contribution >= 4 is 11.9 Å². The number of nitrogens with zero attached hydrogens (tertiary/aromatic N) is 1. The molecular formula is C20H21NO3. The van der Waals surface area contributed by atoms with Gasteiger partial charge in [0.1, 0.15) is 6.04 Å². The van der Waals surface area contributed by atoms with Crippen LogP contribution >= 0.6 is 0 Å². The monoisotopic (exact) mass is 323 g/mol. The summed E-state index contributed by atoms with van der Waals surface area (Å²) in [5, 5.41) is 9.49. The fourth-order valence-electron chi connectivity index (χ4n) is 3.39. The summed E-state index contributed by atoms with van der Waals surface area (Å²) in [6, 6.07) is 18.4. The zero-order chi connectivity index (χ0) is 16.9. The first-order valence-corrected chi connectivity index (χ1v) is 8.31. The molecule has 1 amide bonds. The van der Waals surface area contributed by atoms with Crippen molar-refractivity contribution in [3.8, 4) is 0 Å². The maximum absolute atomic E-state index is 13.3. The molecule has 3 rings (SSSR count). The molecule has 0 saturated carbocycles. The van der Waals surface area contributed by atoms with E-state index in [4.69, 9.17) is 0 Å². The number of carboxylic acid groups (broad SMARTS) is 1. The van der Waals surface area contributed by atoms with Crippen molar-refractivity contribution in [2.24, 2.45) is 0 Å². The van der Waals surface area contributed by atoms with E-state index in [1.165, 1.54) is 0 Å². The highest BCUT2D eigenvalue weighted by atomic mass is 16.4. The molecule has 0 spiro atoms. The topological polar surface area (TPSA) is 57.6 Å². The lowest BCUT2D eigenvalue weighted by atomic mass is 9.88. The quantitative estimate of drug-likeness (QED) is 0.939. The van der Waals surface area contributed by atoms with E-state index in [9.17, 15) is 14.7 Å². The van der Waals surface area contributed by atoms with Crippen LogP contribution in [0, 0.1) is 0 Å². The highest BCUT2D eigenvalue weighted by Crippen LogP contribution is 2.30. The molecule has 1 N–H and O–H groups in total. The zero-order valence-corrected chi connectivity index (χ0v) is 13.5. The smallest absolute Gasteiger partial charge is 0.326 e. The van der Waals surface area contributed by atoms with E-state index in [1.54, 1.807) is 4.90 Å². The number of amides is 1. The Morgan fingerprint density at radius 1 is 0.917 bits per heavy atom. The van der Waals surface area contributed by atoms with Gasteiger partial charge in [-0.2, -0.15) is 0 Å². The molecule has 1 fully saturated rings. The van der Waals surface area contributed by atoms with Gasteiger partial charge in [0.15, 0.2) is 0 Å². The van der Waals surface area contributed by atoms with Crippen LogP contribution in [0.4, 0.5) is 0 Å². The van der Waals surface area contributed by atoms with Gasteiger partial charge in [-0.1, -0.05) is 60.7 Å². The van der Waals surface area contributed by atoms with Gasteiger partial charge in [0.05, 0.1) is 5.92 Å². The molecule has 1 heterocycles. The van der Waals surface area contributed by atoms with Gasteiger partial charge in [0.2, 0.25) is 5.91 Å². The van der Waals surface area contributed by atoms with Crippen molar-refractivity contribution in [3.63, 3.8) is 0 Å². The molecule has 4 heteroatoms. The summed E-state index contributed by atoms with van der Waals surface area (Å²) in [4.78, 5) is 26.4. The van der Waals surface area contributed by atoms with E-state index in [0.717, 1.165) is 24.0 Å². The fourth-order valence-corrected chi connectivity index (χ4v) is 3.39. The summed E-state index contributed by atoms with van der Waals surface area (Å²) >= 11 is 0. The third-order valence-corrected chi connectivity index (χ3v) is 4.58. The van der Waals surface area contributed by atoms with Crippen molar-refractivity contribution in [2.45, 2.75) is 31.2 Å². The average molecular weight is 323 g/mol. The summed E-state index contributed by atoms with van der Waals surface area (Å²) in [5.74, 6) is -1.50. The Morgan fingerprint density at radius 3 is 1.96 bits per heavy atom. The van der Waals surface area contributed by atoms with E-state index in [2.05, 4.69) is 0 Å². The minimum atomic E-state index is -0.914. The maximum atomic E-state index is 13.3. The van der Waals surface area contributed by atoms with E-state index in [1.807, 2.05) is 60.7 Å². The van der Waals surface area contributed by atoms with E-state index in [0.29, 0.717) is 13.0 Å². The Balaban J connectivity index is 1.99. The van der Waals surface area contributed by atoms with Crippen molar-refractivity contribution in [3.05, 3.63) is 71.8 Å². The highest BCUT2D eigenvalue weighted by molar-refractivity contribution is 5.90. The van der Waals surface area contributed by atoms with Crippen molar-refractivity contribution in [1.82, 2.24) is 4.90 Å². The number of piperidine rings is 1. The summed E-state index contributed by atoms with van der Waals surface area (Å²) < 4.78 is 0. The van der Waals surface area contributed by atoms with Crippen LogP contribution in [0.3, 0.4) is 0 Å². The average Bonchev–Trinajstić information content (AvgIpc) is 2.63. The summed E-state index contributed by atoms with van der Waals surface area (Å²) in [6.45, 7) is 0.506. The molecule has 4 nitrogen and oxygen atoms in total. The number of carboxylic acids is 1. The van der Waals surface area contributed by atoms with E-state index >= 15 is 0 Å². The van der Waals surface area contributed by atoms with Crippen molar-refractivity contribution in [1.29, 1.82) is 0 Å². The molecule has 0 aliphatic carbocycles. The molecule has 0 unspecified atom stereocenters. The second-order valence-electron chi connectivity index (χ2n) is 6.14. The molecule has 0 bridgehead atoms. The van der Waals surface area contributed by atoms with E-state index < -0.39 is 17.9 Å². The summed E-state index contributed by atoms with van der Waals surface area (Å²) in [7, 11) is 0. The van der Waals surface area contributed by atoms with Crippen LogP contribution in [0.5, 0.6) is 0 Å². The molecular weight excluding hydrogens is 302 g/mol. The Hall–Kier alpha value is -2.62. The number of benzene rings is 2. The fraction of sp³-hybridized carbons (Fsp3) is 0.300. The summed E-state index contributed by atoms with van der Waals surface area (Å²) in [6.07, 6.45) is 2.23. The molecule has 0 aromatic heterocycles. The van der Waals surface area contributed by atoms with Gasteiger partial charge in [-0.25, -0.2) is 4.79 Å². The van der Waals surface area contributed by atoms with Crippen LogP contribution in [0.1, 0.15) is 36.3 Å². The second kappa shape index (κ2) is 7.30. The Bertz CT molecular complexity index is 660. The second-order valence-corrected chi connectivity index (χ2v) is 6.14. The molecule has 24 heavy (non-hydrogen) atoms. The molecule has 1 aliphatic rings. The zero-order valence-electron chi connectivity index (χ0n) is 13.5. The Labute approximate surface area is 141 Å². The first kappa shape index (κ1) is 16.2. The van der Waals surface area contributed by atoms with Gasteiger partial charge in [0.25, 0.3) is 0 Å². The Morgan fingerprint density at radius 2 is 1.46 bits per heavy atom. The standard InChI is InChI=1S/C20H21NO3/c22-19(21-14-8-7-13-17(21)20(23)24)18(15-9-3-1-4-10-15)16-11-5-2-6-12-16/h1-6,9-12,17-18H,7-8,13-14H2,(H,23,24)/t17-/m0/s1. The number of hydrogen-bond donors (Lipinski definition) is 1. The van der Waals surface area contributed by atoms with Gasteiger partial charge in [-0.05, 0) is 30.4 Å². The number of hydrogen-bond acceptors (Lipinski definition) is 2. The molecule has 0 radical (unpaired) electrons. The molecule has 1 atom stereocenters. The molecule has 1 aliphatic heterocycles. The van der Waals surface area contributed by atoms with Crippen LogP contribution in [-0.2, 0) is 9.59 Å². The van der Waals surface area contributed by atoms with Crippen LogP contribution in [0.25, 0.3) is 0 Å². The number of rotatable bonds is 4. The van der Waals surface area contributed by atoms with Crippen LogP contribution < -0.4 is 0 Å². The SMILES string of the molecule is O=C(O)[C@@H]1CCCCN1C(=O)C(c1ccccc1)c1ccccc1. The first-order valence-electron chi connectivity index (χ1n) is 8.31. The molecule has 1 saturated heterocycles. The first-order chi connectivity index (χ1) is 11.7. The molecule has 2 aromatic rings. The molecule has 2 aromatic carbocycles. The van der Waals surface area contributed by atoms with E-state index in [-0.39, 0.29) is 5.91 Å². The molecule has 124 valence electrons. The largest absolute Gasteiger partial charge is 0.480 e. The maximum Gasteiger partial charge on any atom is 0.326 e. The lowest BCUT2D eigenvalue weighted by Gasteiger charge is -2.35. The van der Waals surface area contributed by atoms with Gasteiger partial charge < -0.3 is 10.0 Å². The predicted molar refractivity (Wildman–Crippen MR) is 91.7 cm³/mol. The van der Waals surface area contributed by atoms with Gasteiger partial charge in [-0.15, -0.1) is 0 Å². The van der Waals surface area contributed by atoms with Crippen molar-refractivity contribution < 1.29 is 14.7 Å². The van der Waals surface area contributed by atoms with Crippen LogP contribution in [0.15, 0.2) is 60.7 Å². The highest BCUT2D eigenvalue weighted by Gasteiger charge is 2.36.